The lowest BCUT2D eigenvalue weighted by Gasteiger charge is -2.27. The van der Waals surface area contributed by atoms with Crippen LogP contribution in [0.3, 0.4) is 0 Å². The van der Waals surface area contributed by atoms with Crippen molar-refractivity contribution in [2.45, 2.75) is 25.6 Å². The zero-order valence-electron chi connectivity index (χ0n) is 14.2. The van der Waals surface area contributed by atoms with E-state index in [9.17, 15) is 4.39 Å². The van der Waals surface area contributed by atoms with Crippen molar-refractivity contribution in [1.29, 1.82) is 5.26 Å². The summed E-state index contributed by atoms with van der Waals surface area (Å²) in [6.07, 6.45) is 0.542. The number of rotatable bonds is 3. The molecule has 7 heteroatoms. The summed E-state index contributed by atoms with van der Waals surface area (Å²) in [5, 5.41) is 9.92. The zero-order chi connectivity index (χ0) is 18.1. The third-order valence-corrected chi connectivity index (χ3v) is 5.63. The van der Waals surface area contributed by atoms with Crippen LogP contribution in [-0.2, 0) is 6.54 Å². The normalized spacial score (nSPS) is 16.0. The number of hydrogen-bond donors (Lipinski definition) is 1. The average Bonchev–Trinajstić information content (AvgIpc) is 3.07. The Bertz CT molecular complexity index is 985. The van der Waals surface area contributed by atoms with E-state index in [1.54, 1.807) is 23.5 Å². The second-order valence-corrected chi connectivity index (χ2v) is 7.62. The minimum Gasteiger partial charge on any atom is -0.383 e. The molecule has 3 aromatic rings. The molecular weight excluding hydrogens is 349 g/mol. The fourth-order valence-electron chi connectivity index (χ4n) is 3.21. The summed E-state index contributed by atoms with van der Waals surface area (Å²) >= 11 is 1.59. The van der Waals surface area contributed by atoms with Gasteiger partial charge in [0.25, 0.3) is 0 Å². The lowest BCUT2D eigenvalue weighted by Crippen LogP contribution is -2.33. The molecule has 4 rings (SSSR count). The number of benzene rings is 1. The van der Waals surface area contributed by atoms with Crippen LogP contribution in [0.1, 0.15) is 23.3 Å². The number of alkyl halides is 1. The summed E-state index contributed by atoms with van der Waals surface area (Å²) in [4.78, 5) is 13.3. The minimum absolute atomic E-state index is 0.442. The van der Waals surface area contributed by atoms with E-state index in [1.807, 2.05) is 18.2 Å². The second-order valence-electron chi connectivity index (χ2n) is 6.51. The molecule has 0 unspecified atom stereocenters. The van der Waals surface area contributed by atoms with E-state index in [1.165, 1.54) is 0 Å². The molecule has 0 spiro atoms. The Kier molecular flexibility index (Phi) is 4.53. The van der Waals surface area contributed by atoms with E-state index in [0.717, 1.165) is 40.3 Å². The SMILES string of the molecule is N#Cc1cccc(-c2nc(N)c3cc(CN4CCC(F)CC4)sc3n2)c1. The number of likely N-dealkylation sites (tertiary alicyclic amines) is 1. The van der Waals surface area contributed by atoms with Gasteiger partial charge in [-0.1, -0.05) is 12.1 Å². The molecule has 0 radical (unpaired) electrons. The van der Waals surface area contributed by atoms with Crippen molar-refractivity contribution in [3.8, 4) is 17.5 Å². The highest BCUT2D eigenvalue weighted by atomic mass is 32.1. The monoisotopic (exact) mass is 367 g/mol. The van der Waals surface area contributed by atoms with Gasteiger partial charge in [-0.05, 0) is 31.0 Å². The maximum Gasteiger partial charge on any atom is 0.163 e. The van der Waals surface area contributed by atoms with Crippen molar-refractivity contribution in [3.05, 3.63) is 40.8 Å². The van der Waals surface area contributed by atoms with Crippen molar-refractivity contribution in [2.75, 3.05) is 18.8 Å². The Morgan fingerprint density at radius 2 is 2.08 bits per heavy atom. The molecule has 1 aromatic carbocycles. The minimum atomic E-state index is -0.665. The lowest BCUT2D eigenvalue weighted by atomic mass is 10.1. The van der Waals surface area contributed by atoms with Crippen LogP contribution in [-0.4, -0.2) is 34.1 Å². The Morgan fingerprint density at radius 3 is 2.85 bits per heavy atom. The van der Waals surface area contributed by atoms with Crippen molar-refractivity contribution >= 4 is 27.4 Å². The number of hydrogen-bond acceptors (Lipinski definition) is 6. The molecule has 0 amide bonds. The highest BCUT2D eigenvalue weighted by Crippen LogP contribution is 2.31. The van der Waals surface area contributed by atoms with Crippen LogP contribution in [0.2, 0.25) is 0 Å². The summed E-state index contributed by atoms with van der Waals surface area (Å²) in [6.45, 7) is 2.35. The first-order valence-corrected chi connectivity index (χ1v) is 9.37. The summed E-state index contributed by atoms with van der Waals surface area (Å²) in [7, 11) is 0. The van der Waals surface area contributed by atoms with Crippen LogP contribution in [0, 0.1) is 11.3 Å². The number of nitriles is 1. The zero-order valence-corrected chi connectivity index (χ0v) is 15.0. The molecule has 26 heavy (non-hydrogen) atoms. The average molecular weight is 367 g/mol. The van der Waals surface area contributed by atoms with Crippen molar-refractivity contribution < 1.29 is 4.39 Å². The van der Waals surface area contributed by atoms with Gasteiger partial charge in [0, 0.05) is 30.1 Å². The van der Waals surface area contributed by atoms with Crippen LogP contribution in [0.4, 0.5) is 10.2 Å². The van der Waals surface area contributed by atoms with Crippen LogP contribution >= 0.6 is 11.3 Å². The van der Waals surface area contributed by atoms with Gasteiger partial charge in [0.2, 0.25) is 0 Å². The number of piperidine rings is 1. The van der Waals surface area contributed by atoms with Crippen LogP contribution < -0.4 is 5.73 Å². The maximum atomic E-state index is 13.3. The number of aromatic nitrogens is 2. The Balaban J connectivity index is 1.64. The first-order valence-electron chi connectivity index (χ1n) is 8.55. The molecule has 3 heterocycles. The van der Waals surface area contributed by atoms with Gasteiger partial charge in [-0.3, -0.25) is 4.90 Å². The molecule has 1 saturated heterocycles. The largest absolute Gasteiger partial charge is 0.383 e. The number of fused-ring (bicyclic) bond motifs is 1. The number of halogens is 1. The molecule has 2 N–H and O–H groups in total. The molecule has 5 nitrogen and oxygen atoms in total. The van der Waals surface area contributed by atoms with Gasteiger partial charge in [-0.2, -0.15) is 5.26 Å². The molecule has 1 fully saturated rings. The van der Waals surface area contributed by atoms with E-state index in [-0.39, 0.29) is 0 Å². The molecule has 2 aromatic heterocycles. The van der Waals surface area contributed by atoms with Gasteiger partial charge in [0.1, 0.15) is 16.8 Å². The predicted molar refractivity (Wildman–Crippen MR) is 101 cm³/mol. The summed E-state index contributed by atoms with van der Waals surface area (Å²) in [6, 6.07) is 11.3. The number of anilines is 1. The van der Waals surface area contributed by atoms with Gasteiger partial charge >= 0.3 is 0 Å². The molecular formula is C19H18FN5S. The topological polar surface area (TPSA) is 78.8 Å². The summed E-state index contributed by atoms with van der Waals surface area (Å²) < 4.78 is 13.3. The fourth-order valence-corrected chi connectivity index (χ4v) is 4.29. The maximum absolute atomic E-state index is 13.3. The third-order valence-electron chi connectivity index (χ3n) is 4.62. The summed E-state index contributed by atoms with van der Waals surface area (Å²) in [5.74, 6) is 0.969. The number of nitrogens with zero attached hydrogens (tertiary/aromatic N) is 4. The Morgan fingerprint density at radius 1 is 1.27 bits per heavy atom. The van der Waals surface area contributed by atoms with Crippen LogP contribution in [0.15, 0.2) is 30.3 Å². The third kappa shape index (κ3) is 3.39. The first-order chi connectivity index (χ1) is 12.6. The molecule has 0 aliphatic carbocycles. The standard InChI is InChI=1S/C19H18FN5S/c20-14-4-6-25(7-5-14)11-15-9-16-17(22)23-18(24-19(16)26-15)13-3-1-2-12(8-13)10-21/h1-3,8-9,14H,4-7,11H2,(H2,22,23,24). The van der Waals surface area contributed by atoms with Crippen LogP contribution in [0.5, 0.6) is 0 Å². The van der Waals surface area contributed by atoms with Crippen molar-refractivity contribution in [3.63, 3.8) is 0 Å². The Hall–Kier alpha value is -2.56. The number of nitrogen functional groups attached to an aromatic ring is 1. The molecule has 1 aliphatic heterocycles. The van der Waals surface area contributed by atoms with Crippen LogP contribution in [0.25, 0.3) is 21.6 Å². The quantitative estimate of drug-likeness (QED) is 0.763. The number of thiophene rings is 1. The molecule has 1 aliphatic rings. The molecule has 132 valence electrons. The van der Waals surface area contributed by atoms with E-state index in [4.69, 9.17) is 11.0 Å². The van der Waals surface area contributed by atoms with Gasteiger partial charge in [0.15, 0.2) is 5.82 Å². The van der Waals surface area contributed by atoms with E-state index in [0.29, 0.717) is 30.0 Å². The Labute approximate surface area is 154 Å². The van der Waals surface area contributed by atoms with Crippen molar-refractivity contribution in [1.82, 2.24) is 14.9 Å². The van der Waals surface area contributed by atoms with Crippen molar-refractivity contribution in [2.24, 2.45) is 0 Å². The fraction of sp³-hybridized carbons (Fsp3) is 0.316. The predicted octanol–water partition coefficient (Wildman–Crippen LogP) is 3.75. The van der Waals surface area contributed by atoms with Gasteiger partial charge in [-0.25, -0.2) is 14.4 Å². The van der Waals surface area contributed by atoms with E-state index < -0.39 is 6.17 Å². The van der Waals surface area contributed by atoms with Gasteiger partial charge in [-0.15, -0.1) is 11.3 Å². The van der Waals surface area contributed by atoms with E-state index >= 15 is 0 Å². The first kappa shape index (κ1) is 16.9. The smallest absolute Gasteiger partial charge is 0.163 e. The lowest BCUT2D eigenvalue weighted by molar-refractivity contribution is 0.146. The van der Waals surface area contributed by atoms with Gasteiger partial charge < -0.3 is 5.73 Å². The molecule has 0 bridgehead atoms. The second kappa shape index (κ2) is 6.98. The molecule has 0 atom stereocenters. The highest BCUT2D eigenvalue weighted by Gasteiger charge is 2.19. The van der Waals surface area contributed by atoms with E-state index in [2.05, 4.69) is 20.9 Å². The number of nitrogens with two attached hydrogens (primary N) is 1. The molecule has 0 saturated carbocycles. The highest BCUT2D eigenvalue weighted by molar-refractivity contribution is 7.18. The summed E-state index contributed by atoms with van der Waals surface area (Å²) in [5.41, 5.74) is 7.50. The van der Waals surface area contributed by atoms with Gasteiger partial charge in [0.05, 0.1) is 17.0 Å².